The summed E-state index contributed by atoms with van der Waals surface area (Å²) < 4.78 is 21.8. The van der Waals surface area contributed by atoms with Gasteiger partial charge in [0.1, 0.15) is 0 Å². The highest BCUT2D eigenvalue weighted by Gasteiger charge is 2.45. The Morgan fingerprint density at radius 1 is 1.15 bits per heavy atom. The summed E-state index contributed by atoms with van der Waals surface area (Å²) in [6, 6.07) is 0.915. The fraction of sp³-hybridized carbons (Fsp3) is 0.929. The Bertz CT molecular complexity index is 253. The highest BCUT2D eigenvalue weighted by molar-refractivity contribution is 7.80. The van der Waals surface area contributed by atoms with Gasteiger partial charge in [-0.25, -0.2) is 0 Å². The lowest BCUT2D eigenvalue weighted by Gasteiger charge is -2.27. The lowest BCUT2D eigenvalue weighted by molar-refractivity contribution is 0.120. The first-order valence-corrected chi connectivity index (χ1v) is 9.92. The summed E-state index contributed by atoms with van der Waals surface area (Å²) in [6.07, 6.45) is 6.94. The standard InChI is InChI=1S/C11H22O4Si.C3H7S/c1-12-16(13-2,14-3)7-6-9-4-5-10-11(8-9)15-10;1-2-3-4/h9-11H,4-8H2,1-3H3;4H,1-3H2. The van der Waals surface area contributed by atoms with E-state index < -0.39 is 8.80 Å². The highest BCUT2D eigenvalue weighted by Crippen LogP contribution is 2.41. The fourth-order valence-electron chi connectivity index (χ4n) is 2.69. The molecule has 0 aromatic carbocycles. The molecular formula is C14H29O4SSi. The third-order valence-electron chi connectivity index (χ3n) is 4.06. The third-order valence-corrected chi connectivity index (χ3v) is 7.15. The zero-order valence-electron chi connectivity index (χ0n) is 13.0. The van der Waals surface area contributed by atoms with Crippen LogP contribution in [0.5, 0.6) is 0 Å². The van der Waals surface area contributed by atoms with Gasteiger partial charge in [-0.3, -0.25) is 0 Å². The minimum Gasteiger partial charge on any atom is -0.377 e. The number of fused-ring (bicyclic) bond motifs is 1. The fourth-order valence-corrected chi connectivity index (χ4v) is 4.56. The lowest BCUT2D eigenvalue weighted by atomic mass is 9.88. The molecule has 1 saturated carbocycles. The normalized spacial score (nSPS) is 28.4. The molecule has 0 spiro atoms. The first kappa shape index (κ1) is 18.5. The summed E-state index contributed by atoms with van der Waals surface area (Å²) in [6.45, 7) is 3.53. The second-order valence-corrected chi connectivity index (χ2v) is 8.84. The molecule has 3 atom stereocenters. The second-order valence-electron chi connectivity index (χ2n) is 5.30. The van der Waals surface area contributed by atoms with Crippen LogP contribution in [0.25, 0.3) is 0 Å². The Hall–Kier alpha value is 0.407. The van der Waals surface area contributed by atoms with E-state index in [2.05, 4.69) is 19.6 Å². The number of hydrogen-bond acceptors (Lipinski definition) is 5. The molecule has 0 aromatic rings. The summed E-state index contributed by atoms with van der Waals surface area (Å²) >= 11 is 3.86. The maximum Gasteiger partial charge on any atom is 0.500 e. The van der Waals surface area contributed by atoms with Crippen LogP contribution < -0.4 is 0 Å². The number of ether oxygens (including phenoxy) is 1. The predicted octanol–water partition coefficient (Wildman–Crippen LogP) is 2.96. The molecule has 1 radical (unpaired) electrons. The highest BCUT2D eigenvalue weighted by atomic mass is 32.1. The van der Waals surface area contributed by atoms with Gasteiger partial charge in [0.25, 0.3) is 0 Å². The van der Waals surface area contributed by atoms with Crippen molar-refractivity contribution in [1.82, 2.24) is 0 Å². The monoisotopic (exact) mass is 321 g/mol. The molecule has 2 aliphatic rings. The first-order chi connectivity index (χ1) is 9.64. The molecule has 1 saturated heterocycles. The Morgan fingerprint density at radius 2 is 1.75 bits per heavy atom. The van der Waals surface area contributed by atoms with Crippen LogP contribution in [0.2, 0.25) is 6.04 Å². The van der Waals surface area contributed by atoms with E-state index in [1.807, 2.05) is 0 Å². The van der Waals surface area contributed by atoms with E-state index in [1.54, 1.807) is 21.3 Å². The van der Waals surface area contributed by atoms with E-state index in [0.717, 1.165) is 30.6 Å². The van der Waals surface area contributed by atoms with Gasteiger partial charge in [-0.2, -0.15) is 12.6 Å². The van der Waals surface area contributed by atoms with Gasteiger partial charge in [-0.1, -0.05) is 6.92 Å². The van der Waals surface area contributed by atoms with E-state index in [9.17, 15) is 0 Å². The molecule has 0 aromatic heterocycles. The van der Waals surface area contributed by atoms with E-state index in [0.29, 0.717) is 12.2 Å². The lowest BCUT2D eigenvalue weighted by Crippen LogP contribution is -2.43. The van der Waals surface area contributed by atoms with Crippen molar-refractivity contribution in [3.8, 4) is 0 Å². The van der Waals surface area contributed by atoms with Crippen LogP contribution in [0.4, 0.5) is 0 Å². The van der Waals surface area contributed by atoms with Crippen LogP contribution in [0.15, 0.2) is 0 Å². The molecule has 6 heteroatoms. The molecular weight excluding hydrogens is 292 g/mol. The Morgan fingerprint density at radius 3 is 2.20 bits per heavy atom. The number of thiol groups is 1. The number of rotatable bonds is 7. The van der Waals surface area contributed by atoms with E-state index in [4.69, 9.17) is 18.0 Å². The molecule has 2 rings (SSSR count). The van der Waals surface area contributed by atoms with Crippen molar-refractivity contribution in [1.29, 1.82) is 0 Å². The van der Waals surface area contributed by atoms with Gasteiger partial charge in [0.15, 0.2) is 0 Å². The molecule has 119 valence electrons. The van der Waals surface area contributed by atoms with Crippen molar-refractivity contribution in [2.45, 2.75) is 50.4 Å². The van der Waals surface area contributed by atoms with Gasteiger partial charge < -0.3 is 18.0 Å². The van der Waals surface area contributed by atoms with Crippen LogP contribution in [-0.2, 0) is 18.0 Å². The Kier molecular flexibility index (Phi) is 8.70. The van der Waals surface area contributed by atoms with E-state index >= 15 is 0 Å². The topological polar surface area (TPSA) is 40.2 Å². The maximum atomic E-state index is 5.54. The maximum absolute atomic E-state index is 5.54. The molecule has 2 fully saturated rings. The number of hydrogen-bond donors (Lipinski definition) is 1. The minimum atomic E-state index is -2.35. The first-order valence-electron chi connectivity index (χ1n) is 7.35. The van der Waals surface area contributed by atoms with Gasteiger partial charge in [0.05, 0.1) is 12.2 Å². The van der Waals surface area contributed by atoms with Crippen LogP contribution in [0.1, 0.15) is 32.1 Å². The van der Waals surface area contributed by atoms with E-state index in [1.165, 1.54) is 19.3 Å². The Labute approximate surface area is 130 Å². The van der Waals surface area contributed by atoms with Crippen molar-refractivity contribution in [3.05, 3.63) is 6.92 Å². The van der Waals surface area contributed by atoms with Crippen molar-refractivity contribution in [2.24, 2.45) is 5.92 Å². The third kappa shape index (κ3) is 5.65. The molecule has 3 unspecified atom stereocenters. The summed E-state index contributed by atoms with van der Waals surface area (Å²) in [4.78, 5) is 0. The van der Waals surface area contributed by atoms with Crippen molar-refractivity contribution in [3.63, 3.8) is 0 Å². The van der Waals surface area contributed by atoms with Gasteiger partial charge in [0.2, 0.25) is 0 Å². The SMILES string of the molecule is CO[Si](CCC1CCC2OC2C1)(OC)OC.[CH2]CCS. The van der Waals surface area contributed by atoms with Crippen molar-refractivity contribution in [2.75, 3.05) is 27.1 Å². The number of epoxide rings is 1. The smallest absolute Gasteiger partial charge is 0.377 e. The quantitative estimate of drug-likeness (QED) is 0.445. The summed E-state index contributed by atoms with van der Waals surface area (Å²) in [5.41, 5.74) is 0. The van der Waals surface area contributed by atoms with Crippen LogP contribution in [-0.4, -0.2) is 48.1 Å². The molecule has 0 N–H and O–H groups in total. The van der Waals surface area contributed by atoms with Gasteiger partial charge >= 0.3 is 8.80 Å². The molecule has 20 heavy (non-hydrogen) atoms. The van der Waals surface area contributed by atoms with Gasteiger partial charge in [-0.15, -0.1) is 0 Å². The summed E-state index contributed by atoms with van der Waals surface area (Å²) in [7, 11) is 2.69. The minimum absolute atomic E-state index is 0.558. The predicted molar refractivity (Wildman–Crippen MR) is 86.0 cm³/mol. The molecule has 1 aliphatic carbocycles. The molecule has 1 aliphatic heterocycles. The van der Waals surface area contributed by atoms with Crippen LogP contribution in [0.3, 0.4) is 0 Å². The zero-order valence-corrected chi connectivity index (χ0v) is 14.9. The average Bonchev–Trinajstić information content (AvgIpc) is 3.28. The van der Waals surface area contributed by atoms with Gasteiger partial charge in [-0.05, 0) is 43.8 Å². The molecule has 0 amide bonds. The average molecular weight is 322 g/mol. The largest absolute Gasteiger partial charge is 0.500 e. The molecule has 0 bridgehead atoms. The molecule has 1 heterocycles. The van der Waals surface area contributed by atoms with Crippen LogP contribution >= 0.6 is 12.6 Å². The van der Waals surface area contributed by atoms with Crippen molar-refractivity contribution >= 4 is 21.4 Å². The molecule has 4 nitrogen and oxygen atoms in total. The van der Waals surface area contributed by atoms with Gasteiger partial charge in [0, 0.05) is 27.4 Å². The van der Waals surface area contributed by atoms with Crippen LogP contribution in [0, 0.1) is 12.8 Å². The summed E-state index contributed by atoms with van der Waals surface area (Å²) in [5, 5.41) is 0. The zero-order chi connectivity index (χ0) is 15.0. The van der Waals surface area contributed by atoms with E-state index in [-0.39, 0.29) is 0 Å². The second kappa shape index (κ2) is 9.43. The van der Waals surface area contributed by atoms with Crippen molar-refractivity contribution < 1.29 is 18.0 Å². The summed E-state index contributed by atoms with van der Waals surface area (Å²) in [5.74, 6) is 1.66. The Balaban J connectivity index is 0.000000444.